The van der Waals surface area contributed by atoms with Crippen LogP contribution in [0, 0.1) is 0 Å². The molecule has 0 atom stereocenters. The molecule has 4 rings (SSSR count). The van der Waals surface area contributed by atoms with Crippen LogP contribution in [0.15, 0.2) is 72.8 Å². The van der Waals surface area contributed by atoms with E-state index in [0.29, 0.717) is 5.82 Å². The van der Waals surface area contributed by atoms with Crippen molar-refractivity contribution in [3.8, 4) is 11.5 Å². The maximum Gasteiger partial charge on any atom is 0.154 e. The summed E-state index contributed by atoms with van der Waals surface area (Å²) in [5.41, 5.74) is 2.86. The number of nitrogens with one attached hydrogen (secondary N) is 1. The van der Waals surface area contributed by atoms with Crippen molar-refractivity contribution in [2.24, 2.45) is 0 Å². The van der Waals surface area contributed by atoms with Crippen LogP contribution in [0.2, 0.25) is 0 Å². The quantitative estimate of drug-likeness (QED) is 0.472. The largest absolute Gasteiger partial charge is 0.497 e. The number of fused-ring (bicyclic) bond motifs is 1. The van der Waals surface area contributed by atoms with E-state index in [1.807, 2.05) is 84.9 Å². The van der Waals surface area contributed by atoms with Gasteiger partial charge in [0, 0.05) is 11.1 Å². The molecule has 0 aliphatic heterocycles. The Morgan fingerprint density at radius 3 is 2.07 bits per heavy atom. The molecule has 0 fully saturated rings. The molecule has 0 aliphatic rings. The molecule has 0 unspecified atom stereocenters. The summed E-state index contributed by atoms with van der Waals surface area (Å²) in [4.78, 5) is 9.39. The minimum Gasteiger partial charge on any atom is -0.497 e. The lowest BCUT2D eigenvalue weighted by molar-refractivity contribution is 0.414. The number of hydrogen-bond acceptors (Lipinski definition) is 5. The lowest BCUT2D eigenvalue weighted by Crippen LogP contribution is -1.99. The highest BCUT2D eigenvalue weighted by Gasteiger charge is 2.07. The van der Waals surface area contributed by atoms with E-state index < -0.39 is 0 Å². The van der Waals surface area contributed by atoms with E-state index in [0.717, 1.165) is 39.5 Å². The van der Waals surface area contributed by atoms with Crippen molar-refractivity contribution < 1.29 is 9.47 Å². The van der Waals surface area contributed by atoms with E-state index in [9.17, 15) is 0 Å². The number of ether oxygens (including phenoxy) is 2. The average Bonchev–Trinajstić information content (AvgIpc) is 2.78. The highest BCUT2D eigenvalue weighted by atomic mass is 16.5. The summed E-state index contributed by atoms with van der Waals surface area (Å²) in [5.74, 6) is 3.03. The number of anilines is 2. The summed E-state index contributed by atoms with van der Waals surface area (Å²) in [6.45, 7) is 0. The van der Waals surface area contributed by atoms with Gasteiger partial charge in [0.25, 0.3) is 0 Å². The van der Waals surface area contributed by atoms with Crippen molar-refractivity contribution >= 4 is 34.6 Å². The molecule has 0 saturated heterocycles. The Kier molecular flexibility index (Phi) is 5.38. The zero-order valence-electron chi connectivity index (χ0n) is 16.3. The van der Waals surface area contributed by atoms with Crippen LogP contribution in [0.3, 0.4) is 0 Å². The van der Waals surface area contributed by atoms with E-state index in [-0.39, 0.29) is 0 Å². The minimum absolute atomic E-state index is 0.635. The first kappa shape index (κ1) is 18.5. The summed E-state index contributed by atoms with van der Waals surface area (Å²) in [7, 11) is 3.31. The fourth-order valence-corrected chi connectivity index (χ4v) is 2.96. The fraction of sp³-hybridized carbons (Fsp3) is 0.0833. The maximum atomic E-state index is 5.23. The van der Waals surface area contributed by atoms with E-state index in [1.54, 1.807) is 14.2 Å². The zero-order chi connectivity index (χ0) is 20.1. The molecule has 0 bridgehead atoms. The number of nitrogens with zero attached hydrogens (tertiary/aromatic N) is 2. The summed E-state index contributed by atoms with van der Waals surface area (Å²) < 4.78 is 10.4. The highest BCUT2D eigenvalue weighted by molar-refractivity contribution is 5.91. The molecule has 0 aliphatic carbocycles. The Bertz CT molecular complexity index is 1140. The molecule has 5 heteroatoms. The monoisotopic (exact) mass is 383 g/mol. The predicted molar refractivity (Wildman–Crippen MR) is 118 cm³/mol. The van der Waals surface area contributed by atoms with Gasteiger partial charge < -0.3 is 14.8 Å². The molecule has 144 valence electrons. The molecule has 1 N–H and O–H groups in total. The number of rotatable bonds is 6. The topological polar surface area (TPSA) is 56.3 Å². The first-order chi connectivity index (χ1) is 14.2. The normalized spacial score (nSPS) is 11.0. The van der Waals surface area contributed by atoms with E-state index >= 15 is 0 Å². The molecule has 5 nitrogen and oxygen atoms in total. The number of methoxy groups -OCH3 is 2. The van der Waals surface area contributed by atoms with Crippen LogP contribution >= 0.6 is 0 Å². The summed E-state index contributed by atoms with van der Waals surface area (Å²) in [6.07, 6.45) is 3.90. The van der Waals surface area contributed by atoms with Gasteiger partial charge in [-0.3, -0.25) is 0 Å². The number of para-hydroxylation sites is 1. The first-order valence-electron chi connectivity index (χ1n) is 9.25. The fourth-order valence-electron chi connectivity index (χ4n) is 2.96. The smallest absolute Gasteiger partial charge is 0.154 e. The number of benzene rings is 3. The van der Waals surface area contributed by atoms with E-state index in [1.165, 1.54) is 0 Å². The van der Waals surface area contributed by atoms with Gasteiger partial charge in [0.2, 0.25) is 0 Å². The summed E-state index contributed by atoms with van der Waals surface area (Å²) in [6, 6.07) is 23.5. The molecule has 1 heterocycles. The molecule has 3 aromatic carbocycles. The molecule has 1 aromatic heterocycles. The lowest BCUT2D eigenvalue weighted by atomic mass is 10.2. The second kappa shape index (κ2) is 8.44. The van der Waals surface area contributed by atoms with Gasteiger partial charge in [-0.2, -0.15) is 0 Å². The lowest BCUT2D eigenvalue weighted by Gasteiger charge is -2.10. The molecule has 0 amide bonds. The average molecular weight is 383 g/mol. The van der Waals surface area contributed by atoms with Crippen molar-refractivity contribution in [2.45, 2.75) is 0 Å². The van der Waals surface area contributed by atoms with Gasteiger partial charge in [0.15, 0.2) is 5.82 Å². The third kappa shape index (κ3) is 4.35. The van der Waals surface area contributed by atoms with Crippen molar-refractivity contribution in [3.63, 3.8) is 0 Å². The summed E-state index contributed by atoms with van der Waals surface area (Å²) in [5, 5.41) is 4.36. The van der Waals surface area contributed by atoms with Crippen LogP contribution in [-0.2, 0) is 0 Å². The summed E-state index contributed by atoms with van der Waals surface area (Å²) >= 11 is 0. The molecular weight excluding hydrogens is 362 g/mol. The van der Waals surface area contributed by atoms with Crippen molar-refractivity contribution in [3.05, 3.63) is 84.2 Å². The first-order valence-corrected chi connectivity index (χ1v) is 9.25. The highest BCUT2D eigenvalue weighted by Crippen LogP contribution is 2.25. The standard InChI is InChI=1S/C24H21N3O2/c1-28-19-12-7-17(8-13-19)9-16-23-26-22-6-4-3-5-21(22)24(27-23)25-18-10-14-20(29-2)15-11-18/h3-16H,1-2H3,(H,25,26,27)/b16-9+. The molecule has 0 saturated carbocycles. The van der Waals surface area contributed by atoms with E-state index in [4.69, 9.17) is 14.5 Å². The third-order valence-corrected chi connectivity index (χ3v) is 4.51. The second-order valence-corrected chi connectivity index (χ2v) is 6.41. The van der Waals surface area contributed by atoms with Crippen LogP contribution in [0.25, 0.3) is 23.1 Å². The molecular formula is C24H21N3O2. The zero-order valence-corrected chi connectivity index (χ0v) is 16.3. The van der Waals surface area contributed by atoms with Crippen LogP contribution in [-0.4, -0.2) is 24.2 Å². The Labute approximate surface area is 169 Å². The predicted octanol–water partition coefficient (Wildman–Crippen LogP) is 5.56. The Morgan fingerprint density at radius 2 is 1.38 bits per heavy atom. The number of hydrogen-bond donors (Lipinski definition) is 1. The van der Waals surface area contributed by atoms with Crippen LogP contribution in [0.1, 0.15) is 11.4 Å². The van der Waals surface area contributed by atoms with Crippen LogP contribution in [0.5, 0.6) is 11.5 Å². The van der Waals surface area contributed by atoms with Crippen LogP contribution < -0.4 is 14.8 Å². The van der Waals surface area contributed by atoms with Gasteiger partial charge in [0.1, 0.15) is 17.3 Å². The van der Waals surface area contributed by atoms with Gasteiger partial charge in [-0.25, -0.2) is 9.97 Å². The van der Waals surface area contributed by atoms with E-state index in [2.05, 4.69) is 10.3 Å². The minimum atomic E-state index is 0.635. The Hall–Kier alpha value is -3.86. The number of aromatic nitrogens is 2. The van der Waals surface area contributed by atoms with Crippen molar-refractivity contribution in [1.82, 2.24) is 9.97 Å². The molecule has 4 aromatic rings. The van der Waals surface area contributed by atoms with Gasteiger partial charge in [-0.1, -0.05) is 30.3 Å². The third-order valence-electron chi connectivity index (χ3n) is 4.51. The van der Waals surface area contributed by atoms with Crippen LogP contribution in [0.4, 0.5) is 11.5 Å². The van der Waals surface area contributed by atoms with Gasteiger partial charge in [0.05, 0.1) is 19.7 Å². The Morgan fingerprint density at radius 1 is 0.724 bits per heavy atom. The molecule has 29 heavy (non-hydrogen) atoms. The Balaban J connectivity index is 1.66. The van der Waals surface area contributed by atoms with Gasteiger partial charge in [-0.15, -0.1) is 0 Å². The van der Waals surface area contributed by atoms with Gasteiger partial charge >= 0.3 is 0 Å². The van der Waals surface area contributed by atoms with Crippen molar-refractivity contribution in [2.75, 3.05) is 19.5 Å². The SMILES string of the molecule is COc1ccc(/C=C/c2nc(Nc3ccc(OC)cc3)c3ccccc3n2)cc1. The molecule has 0 spiro atoms. The van der Waals surface area contributed by atoms with Crippen molar-refractivity contribution in [1.29, 1.82) is 0 Å². The molecule has 0 radical (unpaired) electrons. The second-order valence-electron chi connectivity index (χ2n) is 6.41. The van der Waals surface area contributed by atoms with Gasteiger partial charge in [-0.05, 0) is 60.2 Å². The maximum absolute atomic E-state index is 5.23.